The minimum absolute atomic E-state index is 0.00556. The Labute approximate surface area is 142 Å². The van der Waals surface area contributed by atoms with Gasteiger partial charge in [-0.3, -0.25) is 19.3 Å². The van der Waals surface area contributed by atoms with Gasteiger partial charge in [-0.25, -0.2) is 9.69 Å². The molecule has 130 valence electrons. The number of amides is 5. The van der Waals surface area contributed by atoms with Gasteiger partial charge in [0.25, 0.3) is 17.7 Å². The lowest BCUT2D eigenvalue weighted by Crippen LogP contribution is -2.35. The second-order valence-electron chi connectivity index (χ2n) is 5.56. The van der Waals surface area contributed by atoms with E-state index in [2.05, 4.69) is 10.6 Å². The molecule has 5 amide bonds. The maximum absolute atomic E-state index is 12.2. The van der Waals surface area contributed by atoms with E-state index in [0.717, 1.165) is 15.9 Å². The molecule has 1 aromatic carbocycles. The number of para-hydroxylation sites is 2. The van der Waals surface area contributed by atoms with Crippen LogP contribution in [0.25, 0.3) is 0 Å². The minimum Gasteiger partial charge on any atom is -0.395 e. The predicted molar refractivity (Wildman–Crippen MR) is 87.4 cm³/mol. The average molecular weight is 344 g/mol. The monoisotopic (exact) mass is 344 g/mol. The van der Waals surface area contributed by atoms with Crippen LogP contribution in [0.1, 0.15) is 6.92 Å². The molecule has 0 saturated carbocycles. The number of aliphatic hydroxyl groups excluding tert-OH is 1. The van der Waals surface area contributed by atoms with Crippen molar-refractivity contribution in [3.05, 3.63) is 36.0 Å². The molecule has 1 fully saturated rings. The smallest absolute Gasteiger partial charge is 0.329 e. The van der Waals surface area contributed by atoms with Crippen LogP contribution >= 0.6 is 0 Å². The van der Waals surface area contributed by atoms with Gasteiger partial charge in [-0.2, -0.15) is 0 Å². The average Bonchev–Trinajstić information content (AvgIpc) is 2.98. The Bertz CT molecular complexity index is 803. The van der Waals surface area contributed by atoms with Crippen molar-refractivity contribution in [2.45, 2.75) is 13.0 Å². The van der Waals surface area contributed by atoms with Crippen LogP contribution in [0, 0.1) is 0 Å². The molecule has 2 aliphatic rings. The first-order chi connectivity index (χ1) is 11.9. The highest BCUT2D eigenvalue weighted by atomic mass is 16.3. The molecule has 1 aromatic rings. The highest BCUT2D eigenvalue weighted by Gasteiger charge is 2.38. The number of imide groups is 2. The first kappa shape index (κ1) is 16.7. The Morgan fingerprint density at radius 2 is 1.92 bits per heavy atom. The largest absolute Gasteiger partial charge is 0.395 e. The first-order valence-electron chi connectivity index (χ1n) is 7.63. The molecule has 0 aromatic heterocycles. The normalized spacial score (nSPS) is 20.2. The summed E-state index contributed by atoms with van der Waals surface area (Å²) in [6.07, 6.45) is 1.11. The minimum atomic E-state index is -0.644. The summed E-state index contributed by atoms with van der Waals surface area (Å²) in [6.45, 7) is 1.13. The molecule has 3 N–H and O–H groups in total. The number of nitrogens with one attached hydrogen (secondary N) is 2. The van der Waals surface area contributed by atoms with Crippen LogP contribution in [-0.4, -0.2) is 53.0 Å². The third-order valence-corrected chi connectivity index (χ3v) is 3.88. The number of rotatable bonds is 5. The fourth-order valence-corrected chi connectivity index (χ4v) is 2.66. The second kappa shape index (κ2) is 6.36. The van der Waals surface area contributed by atoms with Crippen molar-refractivity contribution in [3.8, 4) is 0 Å². The van der Waals surface area contributed by atoms with Crippen molar-refractivity contribution < 1.29 is 24.3 Å². The van der Waals surface area contributed by atoms with E-state index in [4.69, 9.17) is 5.11 Å². The molecule has 2 heterocycles. The number of carbonyl (C=O) groups excluding carboxylic acids is 4. The predicted octanol–water partition coefficient (Wildman–Crippen LogP) is -0.212. The Kier molecular flexibility index (Phi) is 4.24. The van der Waals surface area contributed by atoms with Gasteiger partial charge in [0.1, 0.15) is 11.7 Å². The van der Waals surface area contributed by atoms with Crippen LogP contribution in [0.4, 0.5) is 16.2 Å². The molecule has 1 atom stereocenters. The van der Waals surface area contributed by atoms with Crippen molar-refractivity contribution >= 4 is 35.1 Å². The summed E-state index contributed by atoms with van der Waals surface area (Å²) in [5.74, 6) is -1.54. The second-order valence-corrected chi connectivity index (χ2v) is 5.56. The number of hydrogen-bond donors (Lipinski definition) is 3. The number of nitrogens with zero attached hydrogens (tertiary/aromatic N) is 2. The third-order valence-electron chi connectivity index (χ3n) is 3.88. The van der Waals surface area contributed by atoms with E-state index >= 15 is 0 Å². The molecule has 2 aliphatic heterocycles. The van der Waals surface area contributed by atoms with Gasteiger partial charge >= 0.3 is 6.03 Å². The summed E-state index contributed by atoms with van der Waals surface area (Å²) in [6, 6.07) is 5.27. The molecule has 0 spiro atoms. The van der Waals surface area contributed by atoms with E-state index in [9.17, 15) is 19.2 Å². The van der Waals surface area contributed by atoms with E-state index in [1.54, 1.807) is 31.2 Å². The van der Waals surface area contributed by atoms with Crippen molar-refractivity contribution in [2.75, 3.05) is 23.4 Å². The van der Waals surface area contributed by atoms with Gasteiger partial charge < -0.3 is 15.7 Å². The van der Waals surface area contributed by atoms with Crippen LogP contribution in [0.3, 0.4) is 0 Å². The topological polar surface area (TPSA) is 119 Å². The highest BCUT2D eigenvalue weighted by molar-refractivity contribution is 6.23. The fourth-order valence-electron chi connectivity index (χ4n) is 2.66. The summed E-state index contributed by atoms with van der Waals surface area (Å²) in [7, 11) is 0. The molecule has 1 unspecified atom stereocenters. The molecule has 25 heavy (non-hydrogen) atoms. The standard InChI is InChI=1S/C16H16N4O5/c1-9-14(23)20(16(25)17-9)12-5-3-2-4-10(12)18-11-8-13(22)19(6-7-21)15(11)24/h2-5,8-9,18,21H,6-7H2,1H3,(H,17,25). The van der Waals surface area contributed by atoms with Crippen LogP contribution in [0.5, 0.6) is 0 Å². The van der Waals surface area contributed by atoms with Gasteiger partial charge in [0.15, 0.2) is 0 Å². The number of hydrogen-bond acceptors (Lipinski definition) is 6. The highest BCUT2D eigenvalue weighted by Crippen LogP contribution is 2.30. The fraction of sp³-hybridized carbons (Fsp3) is 0.250. The molecule has 1 saturated heterocycles. The molecular formula is C16H16N4O5. The van der Waals surface area contributed by atoms with E-state index in [0.29, 0.717) is 5.69 Å². The summed E-state index contributed by atoms with van der Waals surface area (Å²) in [5, 5.41) is 14.2. The maximum Gasteiger partial charge on any atom is 0.329 e. The number of benzene rings is 1. The lowest BCUT2D eigenvalue weighted by Gasteiger charge is -2.19. The SMILES string of the molecule is CC1NC(=O)N(c2ccccc2NC2=CC(=O)N(CCO)C2=O)C1=O. The van der Waals surface area contributed by atoms with Crippen molar-refractivity contribution in [1.29, 1.82) is 0 Å². The van der Waals surface area contributed by atoms with Gasteiger partial charge in [0.05, 0.1) is 24.5 Å². The molecule has 9 heteroatoms. The first-order valence-corrected chi connectivity index (χ1v) is 7.63. The number of urea groups is 1. The molecule has 0 aliphatic carbocycles. The number of aliphatic hydroxyl groups is 1. The number of β-amino-alcohol motifs (C(OH)–C–C–N with tert-alkyl or cyclic N) is 1. The van der Waals surface area contributed by atoms with Crippen LogP contribution in [0.15, 0.2) is 36.0 Å². The van der Waals surface area contributed by atoms with Crippen LogP contribution in [0.2, 0.25) is 0 Å². The summed E-state index contributed by atoms with van der Waals surface area (Å²) in [5.41, 5.74) is 0.612. The van der Waals surface area contributed by atoms with Crippen molar-refractivity contribution in [1.82, 2.24) is 10.2 Å². The van der Waals surface area contributed by atoms with Crippen LogP contribution < -0.4 is 15.5 Å². The van der Waals surface area contributed by atoms with E-state index in [1.165, 1.54) is 0 Å². The molecule has 0 bridgehead atoms. The zero-order chi connectivity index (χ0) is 18.1. The Balaban J connectivity index is 1.89. The Morgan fingerprint density at radius 3 is 2.56 bits per heavy atom. The van der Waals surface area contributed by atoms with Gasteiger partial charge in [0.2, 0.25) is 0 Å². The summed E-state index contributed by atoms with van der Waals surface area (Å²) < 4.78 is 0. The third kappa shape index (κ3) is 2.85. The van der Waals surface area contributed by atoms with Gasteiger partial charge in [0, 0.05) is 6.08 Å². The number of carbonyl (C=O) groups is 4. The van der Waals surface area contributed by atoms with Gasteiger partial charge in [-0.05, 0) is 19.1 Å². The molecule has 0 radical (unpaired) electrons. The summed E-state index contributed by atoms with van der Waals surface area (Å²) >= 11 is 0. The van der Waals surface area contributed by atoms with E-state index in [1.807, 2.05) is 0 Å². The molecule has 9 nitrogen and oxygen atoms in total. The zero-order valence-corrected chi connectivity index (χ0v) is 13.4. The van der Waals surface area contributed by atoms with Crippen molar-refractivity contribution in [2.24, 2.45) is 0 Å². The Morgan fingerprint density at radius 1 is 1.20 bits per heavy atom. The van der Waals surface area contributed by atoms with E-state index < -0.39 is 29.8 Å². The summed E-state index contributed by atoms with van der Waals surface area (Å²) in [4.78, 5) is 50.2. The quantitative estimate of drug-likeness (QED) is 0.502. The molecular weight excluding hydrogens is 328 g/mol. The zero-order valence-electron chi connectivity index (χ0n) is 13.4. The number of anilines is 2. The lowest BCUT2D eigenvalue weighted by atomic mass is 10.2. The lowest BCUT2D eigenvalue weighted by molar-refractivity contribution is -0.137. The van der Waals surface area contributed by atoms with Gasteiger partial charge in [-0.15, -0.1) is 0 Å². The van der Waals surface area contributed by atoms with E-state index in [-0.39, 0.29) is 24.5 Å². The Hall–Kier alpha value is -3.20. The molecule has 3 rings (SSSR count). The maximum atomic E-state index is 12.2. The van der Waals surface area contributed by atoms with Crippen LogP contribution in [-0.2, 0) is 14.4 Å². The van der Waals surface area contributed by atoms with Gasteiger partial charge in [-0.1, -0.05) is 12.1 Å². The van der Waals surface area contributed by atoms with Crippen molar-refractivity contribution in [3.63, 3.8) is 0 Å².